The standard InChI is InChI=1S/C7H11N3O.C2HF3O2/c1-10-7(11)5-2-3-8-4-6(5)9-10;3-2(4,5)1(6)7/h5,8H,2-4H2,1H3;(H,6,7). The first-order chi connectivity index (χ1) is 8.23. The minimum Gasteiger partial charge on any atom is -0.475 e. The molecule has 2 N–H and O–H groups in total. The van der Waals surface area contributed by atoms with Gasteiger partial charge >= 0.3 is 12.1 Å². The molecule has 1 atom stereocenters. The fourth-order valence-electron chi connectivity index (χ4n) is 1.59. The molecule has 6 nitrogen and oxygen atoms in total. The molecule has 102 valence electrons. The molecule has 0 aliphatic carbocycles. The van der Waals surface area contributed by atoms with Crippen molar-refractivity contribution in [3.63, 3.8) is 0 Å². The maximum atomic E-state index is 11.3. The van der Waals surface area contributed by atoms with Crippen LogP contribution in [0.25, 0.3) is 0 Å². The van der Waals surface area contributed by atoms with E-state index in [4.69, 9.17) is 9.90 Å². The Bertz CT molecular complexity index is 381. The van der Waals surface area contributed by atoms with E-state index in [0.29, 0.717) is 0 Å². The second-order valence-corrected chi connectivity index (χ2v) is 3.77. The maximum Gasteiger partial charge on any atom is 0.490 e. The Labute approximate surface area is 100 Å². The summed E-state index contributed by atoms with van der Waals surface area (Å²) in [6.07, 6.45) is -4.18. The van der Waals surface area contributed by atoms with Gasteiger partial charge in [-0.2, -0.15) is 18.3 Å². The summed E-state index contributed by atoms with van der Waals surface area (Å²) in [5.74, 6) is -2.52. The van der Waals surface area contributed by atoms with Crippen LogP contribution in [0.1, 0.15) is 6.42 Å². The molecule has 2 rings (SSSR count). The van der Waals surface area contributed by atoms with E-state index in [2.05, 4.69) is 10.4 Å². The lowest BCUT2D eigenvalue weighted by molar-refractivity contribution is -0.192. The molecular formula is C9H12F3N3O3. The summed E-state index contributed by atoms with van der Waals surface area (Å²) in [6, 6.07) is 0. The number of hydrogen-bond acceptors (Lipinski definition) is 4. The predicted octanol–water partition coefficient (Wildman–Crippen LogP) is 0.0572. The van der Waals surface area contributed by atoms with E-state index in [0.717, 1.165) is 25.2 Å². The van der Waals surface area contributed by atoms with Crippen molar-refractivity contribution in [1.82, 2.24) is 10.3 Å². The molecule has 0 saturated carbocycles. The number of carbonyl (C=O) groups excluding carboxylic acids is 1. The first-order valence-electron chi connectivity index (χ1n) is 5.09. The summed E-state index contributed by atoms with van der Waals surface area (Å²) < 4.78 is 31.7. The molecule has 0 bridgehead atoms. The SMILES string of the molecule is CN1N=C2CNCCC2C1=O.O=C(O)C(F)(F)F. The number of rotatable bonds is 0. The van der Waals surface area contributed by atoms with Crippen LogP contribution in [0, 0.1) is 5.92 Å². The van der Waals surface area contributed by atoms with Crippen LogP contribution in [0.15, 0.2) is 5.10 Å². The molecule has 9 heteroatoms. The fraction of sp³-hybridized carbons (Fsp3) is 0.667. The highest BCUT2D eigenvalue weighted by molar-refractivity contribution is 6.09. The largest absolute Gasteiger partial charge is 0.490 e. The summed E-state index contributed by atoms with van der Waals surface area (Å²) in [4.78, 5) is 20.2. The number of carboxylic acids is 1. The van der Waals surface area contributed by atoms with Crippen molar-refractivity contribution in [3.8, 4) is 0 Å². The Hall–Kier alpha value is -1.64. The highest BCUT2D eigenvalue weighted by atomic mass is 19.4. The highest BCUT2D eigenvalue weighted by Gasteiger charge is 2.38. The third-order valence-corrected chi connectivity index (χ3v) is 2.46. The second kappa shape index (κ2) is 5.34. The molecule has 0 aromatic rings. The lowest BCUT2D eigenvalue weighted by Gasteiger charge is -2.17. The van der Waals surface area contributed by atoms with E-state index in [1.165, 1.54) is 5.01 Å². The van der Waals surface area contributed by atoms with E-state index in [1.54, 1.807) is 7.05 Å². The summed E-state index contributed by atoms with van der Waals surface area (Å²) in [5, 5.41) is 15.9. The van der Waals surface area contributed by atoms with E-state index in [-0.39, 0.29) is 11.8 Å². The summed E-state index contributed by atoms with van der Waals surface area (Å²) in [5.41, 5.74) is 1.00. The highest BCUT2D eigenvalue weighted by Crippen LogP contribution is 2.19. The molecule has 0 radical (unpaired) electrons. The Balaban J connectivity index is 0.000000203. The number of carboxylic acid groups (broad SMARTS) is 1. The van der Waals surface area contributed by atoms with Gasteiger partial charge in [-0.1, -0.05) is 0 Å². The van der Waals surface area contributed by atoms with Crippen molar-refractivity contribution >= 4 is 17.6 Å². The number of nitrogens with zero attached hydrogens (tertiary/aromatic N) is 2. The number of aliphatic carboxylic acids is 1. The van der Waals surface area contributed by atoms with E-state index in [1.807, 2.05) is 0 Å². The number of nitrogens with one attached hydrogen (secondary N) is 1. The quantitative estimate of drug-likeness (QED) is 0.650. The first-order valence-corrected chi connectivity index (χ1v) is 5.09. The monoisotopic (exact) mass is 267 g/mol. The molecule has 2 heterocycles. The van der Waals surface area contributed by atoms with Crippen LogP contribution in [0.2, 0.25) is 0 Å². The zero-order chi connectivity index (χ0) is 13.9. The molecule has 1 amide bonds. The van der Waals surface area contributed by atoms with Gasteiger partial charge in [-0.3, -0.25) is 4.79 Å². The van der Waals surface area contributed by atoms with E-state index < -0.39 is 12.1 Å². The average molecular weight is 267 g/mol. The van der Waals surface area contributed by atoms with Gasteiger partial charge in [0.05, 0.1) is 11.6 Å². The molecule has 0 aromatic heterocycles. The molecule has 1 unspecified atom stereocenters. The number of piperidine rings is 1. The Morgan fingerprint density at radius 3 is 2.56 bits per heavy atom. The topological polar surface area (TPSA) is 82.0 Å². The van der Waals surface area contributed by atoms with E-state index >= 15 is 0 Å². The first kappa shape index (κ1) is 14.4. The van der Waals surface area contributed by atoms with Gasteiger partial charge in [0.2, 0.25) is 0 Å². The molecule has 0 spiro atoms. The minimum atomic E-state index is -5.08. The molecule has 1 saturated heterocycles. The van der Waals surface area contributed by atoms with Gasteiger partial charge in [0.15, 0.2) is 0 Å². The van der Waals surface area contributed by atoms with Gasteiger partial charge in [-0.05, 0) is 13.0 Å². The molecule has 18 heavy (non-hydrogen) atoms. The molecule has 2 aliphatic rings. The number of amides is 1. The number of fused-ring (bicyclic) bond motifs is 1. The zero-order valence-corrected chi connectivity index (χ0v) is 9.49. The van der Waals surface area contributed by atoms with Crippen LogP contribution in [0.5, 0.6) is 0 Å². The van der Waals surface area contributed by atoms with Gasteiger partial charge in [0, 0.05) is 13.6 Å². The van der Waals surface area contributed by atoms with Gasteiger partial charge < -0.3 is 10.4 Å². The van der Waals surface area contributed by atoms with Crippen molar-refractivity contribution in [2.24, 2.45) is 11.0 Å². The third-order valence-electron chi connectivity index (χ3n) is 2.46. The molecule has 2 aliphatic heterocycles. The van der Waals surface area contributed by atoms with Crippen LogP contribution in [0.3, 0.4) is 0 Å². The maximum absolute atomic E-state index is 11.3. The lowest BCUT2D eigenvalue weighted by atomic mass is 9.96. The van der Waals surface area contributed by atoms with Crippen LogP contribution >= 0.6 is 0 Å². The average Bonchev–Trinajstić information content (AvgIpc) is 2.55. The van der Waals surface area contributed by atoms with Gasteiger partial charge in [0.1, 0.15) is 0 Å². The van der Waals surface area contributed by atoms with Crippen LogP contribution in [0.4, 0.5) is 13.2 Å². The van der Waals surface area contributed by atoms with Crippen LogP contribution in [-0.4, -0.2) is 54.0 Å². The molecular weight excluding hydrogens is 255 g/mol. The Morgan fingerprint density at radius 2 is 2.11 bits per heavy atom. The normalized spacial score (nSPS) is 22.9. The van der Waals surface area contributed by atoms with Crippen molar-refractivity contribution in [2.45, 2.75) is 12.6 Å². The molecule has 1 fully saturated rings. The number of alkyl halides is 3. The third kappa shape index (κ3) is 3.42. The number of hydrazone groups is 1. The van der Waals surface area contributed by atoms with Crippen molar-refractivity contribution < 1.29 is 27.9 Å². The minimum absolute atomic E-state index is 0.0845. The van der Waals surface area contributed by atoms with Gasteiger partial charge in [-0.15, -0.1) is 0 Å². The second-order valence-electron chi connectivity index (χ2n) is 3.77. The van der Waals surface area contributed by atoms with Crippen LogP contribution in [-0.2, 0) is 9.59 Å². The van der Waals surface area contributed by atoms with Crippen molar-refractivity contribution in [3.05, 3.63) is 0 Å². The van der Waals surface area contributed by atoms with E-state index in [9.17, 15) is 18.0 Å². The van der Waals surface area contributed by atoms with Gasteiger partial charge in [0.25, 0.3) is 5.91 Å². The smallest absolute Gasteiger partial charge is 0.475 e. The lowest BCUT2D eigenvalue weighted by Crippen LogP contribution is -2.38. The van der Waals surface area contributed by atoms with Crippen LogP contribution < -0.4 is 5.32 Å². The summed E-state index contributed by atoms with van der Waals surface area (Å²) in [6.45, 7) is 1.71. The summed E-state index contributed by atoms with van der Waals surface area (Å²) in [7, 11) is 1.72. The number of hydrogen-bond donors (Lipinski definition) is 2. The molecule has 0 aromatic carbocycles. The number of carbonyl (C=O) groups is 2. The van der Waals surface area contributed by atoms with Crippen molar-refractivity contribution in [2.75, 3.05) is 20.1 Å². The Kier molecular flexibility index (Phi) is 4.28. The Morgan fingerprint density at radius 1 is 1.56 bits per heavy atom. The number of halogens is 3. The zero-order valence-electron chi connectivity index (χ0n) is 9.49. The fourth-order valence-corrected chi connectivity index (χ4v) is 1.59. The van der Waals surface area contributed by atoms with Gasteiger partial charge in [-0.25, -0.2) is 9.80 Å². The predicted molar refractivity (Wildman–Crippen MR) is 54.9 cm³/mol. The summed E-state index contributed by atoms with van der Waals surface area (Å²) >= 11 is 0. The van der Waals surface area contributed by atoms with Crippen molar-refractivity contribution in [1.29, 1.82) is 0 Å².